The molecule has 20 heavy (non-hydrogen) atoms. The summed E-state index contributed by atoms with van der Waals surface area (Å²) < 4.78 is 13.0. The number of aliphatic hydroxyl groups is 1. The molecule has 1 amide bonds. The van der Waals surface area contributed by atoms with Gasteiger partial charge in [-0.25, -0.2) is 4.39 Å². The van der Waals surface area contributed by atoms with Gasteiger partial charge in [-0.2, -0.15) is 0 Å². The highest BCUT2D eigenvalue weighted by molar-refractivity contribution is 6.30. The zero-order valence-electron chi connectivity index (χ0n) is 11.0. The first-order valence-electron chi connectivity index (χ1n) is 6.64. The van der Waals surface area contributed by atoms with Gasteiger partial charge >= 0.3 is 0 Å². The minimum Gasteiger partial charge on any atom is -0.396 e. The number of amides is 1. The van der Waals surface area contributed by atoms with Crippen molar-refractivity contribution in [2.24, 2.45) is 5.92 Å². The summed E-state index contributed by atoms with van der Waals surface area (Å²) in [6.45, 7) is 0.0994. The Balaban J connectivity index is 1.93. The van der Waals surface area contributed by atoms with E-state index >= 15 is 0 Å². The minimum atomic E-state index is -0.481. The van der Waals surface area contributed by atoms with Crippen LogP contribution in [0.3, 0.4) is 0 Å². The summed E-state index contributed by atoms with van der Waals surface area (Å²) in [6, 6.07) is 4.32. The van der Waals surface area contributed by atoms with E-state index in [4.69, 9.17) is 11.6 Å². The number of halogens is 2. The molecular weight excluding hydrogens is 281 g/mol. The molecule has 0 bridgehead atoms. The van der Waals surface area contributed by atoms with E-state index in [0.29, 0.717) is 5.56 Å². The maximum Gasteiger partial charge on any atom is 0.244 e. The Kier molecular flexibility index (Phi) is 5.15. The summed E-state index contributed by atoms with van der Waals surface area (Å²) in [5.41, 5.74) is 0.664. The Morgan fingerprint density at radius 1 is 1.50 bits per heavy atom. The van der Waals surface area contributed by atoms with Gasteiger partial charge in [0.2, 0.25) is 5.91 Å². The Hall–Kier alpha value is -1.39. The Morgan fingerprint density at radius 3 is 3.00 bits per heavy atom. The molecule has 2 rings (SSSR count). The fourth-order valence-electron chi connectivity index (χ4n) is 2.46. The van der Waals surface area contributed by atoms with E-state index in [9.17, 15) is 14.3 Å². The molecule has 0 radical (unpaired) electrons. The van der Waals surface area contributed by atoms with Crippen LogP contribution in [0.5, 0.6) is 0 Å². The van der Waals surface area contributed by atoms with Gasteiger partial charge < -0.3 is 10.4 Å². The molecule has 1 aliphatic rings. The first-order valence-corrected chi connectivity index (χ1v) is 7.02. The van der Waals surface area contributed by atoms with E-state index < -0.39 is 5.82 Å². The van der Waals surface area contributed by atoms with Gasteiger partial charge in [0.1, 0.15) is 5.82 Å². The van der Waals surface area contributed by atoms with E-state index in [1.165, 1.54) is 18.2 Å². The molecule has 3 nitrogen and oxygen atoms in total. The predicted molar refractivity (Wildman–Crippen MR) is 76.8 cm³/mol. The summed E-state index contributed by atoms with van der Waals surface area (Å²) >= 11 is 5.67. The lowest BCUT2D eigenvalue weighted by Gasteiger charge is -2.17. The van der Waals surface area contributed by atoms with Gasteiger partial charge in [-0.05, 0) is 36.6 Å². The van der Waals surface area contributed by atoms with Crippen LogP contribution >= 0.6 is 11.6 Å². The highest BCUT2D eigenvalue weighted by Crippen LogP contribution is 2.25. The second-order valence-corrected chi connectivity index (χ2v) is 5.40. The standard InChI is InChI=1S/C15H17ClFNO2/c16-12-8-10(4-6-13(12)17)5-7-15(20)18-14-3-1-2-11(14)9-19/h4-8,11,14,19H,1-3,9H2,(H,18,20)/b7-5+. The topological polar surface area (TPSA) is 49.3 Å². The number of nitrogens with one attached hydrogen (secondary N) is 1. The van der Waals surface area contributed by atoms with Crippen LogP contribution in [-0.2, 0) is 4.79 Å². The molecule has 1 aromatic carbocycles. The third-order valence-electron chi connectivity index (χ3n) is 3.59. The number of hydrogen-bond donors (Lipinski definition) is 2. The van der Waals surface area contributed by atoms with E-state index in [1.807, 2.05) is 0 Å². The molecular formula is C15H17ClFNO2. The molecule has 1 fully saturated rings. The fraction of sp³-hybridized carbons (Fsp3) is 0.400. The van der Waals surface area contributed by atoms with Crippen molar-refractivity contribution in [2.45, 2.75) is 25.3 Å². The number of benzene rings is 1. The first kappa shape index (κ1) is 15.0. The Morgan fingerprint density at radius 2 is 2.30 bits per heavy atom. The van der Waals surface area contributed by atoms with Crippen molar-refractivity contribution in [3.8, 4) is 0 Å². The van der Waals surface area contributed by atoms with Gasteiger partial charge in [-0.1, -0.05) is 24.1 Å². The lowest BCUT2D eigenvalue weighted by Crippen LogP contribution is -2.37. The average Bonchev–Trinajstić information content (AvgIpc) is 2.87. The summed E-state index contributed by atoms with van der Waals surface area (Å²) in [6.07, 6.45) is 5.85. The first-order chi connectivity index (χ1) is 9.60. The van der Waals surface area contributed by atoms with Gasteiger partial charge in [0, 0.05) is 24.6 Å². The second kappa shape index (κ2) is 6.86. The SMILES string of the molecule is O=C(/C=C/c1ccc(F)c(Cl)c1)NC1CCCC1CO. The molecule has 108 valence electrons. The molecule has 0 aromatic heterocycles. The van der Waals surface area contributed by atoms with Crippen molar-refractivity contribution in [2.75, 3.05) is 6.61 Å². The number of aliphatic hydroxyl groups excluding tert-OH is 1. The highest BCUT2D eigenvalue weighted by Gasteiger charge is 2.27. The molecule has 0 heterocycles. The second-order valence-electron chi connectivity index (χ2n) is 5.00. The van der Waals surface area contributed by atoms with Crippen molar-refractivity contribution >= 4 is 23.6 Å². The van der Waals surface area contributed by atoms with Crippen LogP contribution in [0.15, 0.2) is 24.3 Å². The molecule has 5 heteroatoms. The van der Waals surface area contributed by atoms with Gasteiger partial charge in [-0.15, -0.1) is 0 Å². The van der Waals surface area contributed by atoms with Crippen LogP contribution < -0.4 is 5.32 Å². The third kappa shape index (κ3) is 3.81. The van der Waals surface area contributed by atoms with Crippen LogP contribution in [0.2, 0.25) is 5.02 Å². The van der Waals surface area contributed by atoms with Gasteiger partial charge in [0.05, 0.1) is 5.02 Å². The van der Waals surface area contributed by atoms with Crippen LogP contribution in [0, 0.1) is 11.7 Å². The van der Waals surface area contributed by atoms with Crippen molar-refractivity contribution in [1.29, 1.82) is 0 Å². The number of hydrogen-bond acceptors (Lipinski definition) is 2. The predicted octanol–water partition coefficient (Wildman–Crippen LogP) is 2.77. The minimum absolute atomic E-state index is 0.0312. The molecule has 0 saturated heterocycles. The van der Waals surface area contributed by atoms with E-state index in [0.717, 1.165) is 19.3 Å². The number of carbonyl (C=O) groups is 1. The average molecular weight is 298 g/mol. The van der Waals surface area contributed by atoms with E-state index in [1.54, 1.807) is 12.1 Å². The summed E-state index contributed by atoms with van der Waals surface area (Å²) in [5.74, 6) is -0.548. The molecule has 0 aliphatic heterocycles. The number of carbonyl (C=O) groups excluding carboxylic acids is 1. The smallest absolute Gasteiger partial charge is 0.244 e. The summed E-state index contributed by atoms with van der Waals surface area (Å²) in [7, 11) is 0. The zero-order valence-corrected chi connectivity index (χ0v) is 11.7. The fourth-order valence-corrected chi connectivity index (χ4v) is 2.65. The normalized spacial score (nSPS) is 22.4. The Labute approximate surface area is 122 Å². The van der Waals surface area contributed by atoms with E-state index in [2.05, 4.69) is 5.32 Å². The van der Waals surface area contributed by atoms with Crippen molar-refractivity contribution in [3.63, 3.8) is 0 Å². The molecule has 2 atom stereocenters. The monoisotopic (exact) mass is 297 g/mol. The largest absolute Gasteiger partial charge is 0.396 e. The van der Waals surface area contributed by atoms with Gasteiger partial charge in [-0.3, -0.25) is 4.79 Å². The zero-order chi connectivity index (χ0) is 14.5. The molecule has 1 aromatic rings. The maximum atomic E-state index is 13.0. The third-order valence-corrected chi connectivity index (χ3v) is 3.88. The molecule has 1 aliphatic carbocycles. The Bertz CT molecular complexity index is 519. The summed E-state index contributed by atoms with van der Waals surface area (Å²) in [4.78, 5) is 11.8. The molecule has 2 unspecified atom stereocenters. The lowest BCUT2D eigenvalue weighted by atomic mass is 10.1. The van der Waals surface area contributed by atoms with E-state index in [-0.39, 0.29) is 29.5 Å². The quantitative estimate of drug-likeness (QED) is 0.840. The highest BCUT2D eigenvalue weighted by atomic mass is 35.5. The van der Waals surface area contributed by atoms with Crippen LogP contribution in [-0.4, -0.2) is 23.7 Å². The van der Waals surface area contributed by atoms with Crippen molar-refractivity contribution in [3.05, 3.63) is 40.7 Å². The summed E-state index contributed by atoms with van der Waals surface area (Å²) in [5, 5.41) is 12.1. The van der Waals surface area contributed by atoms with Crippen molar-refractivity contribution < 1.29 is 14.3 Å². The maximum absolute atomic E-state index is 13.0. The lowest BCUT2D eigenvalue weighted by molar-refractivity contribution is -0.117. The van der Waals surface area contributed by atoms with Gasteiger partial charge in [0.15, 0.2) is 0 Å². The van der Waals surface area contributed by atoms with Crippen LogP contribution in [0.4, 0.5) is 4.39 Å². The van der Waals surface area contributed by atoms with Crippen LogP contribution in [0.25, 0.3) is 6.08 Å². The van der Waals surface area contributed by atoms with Crippen LogP contribution in [0.1, 0.15) is 24.8 Å². The molecule has 0 spiro atoms. The van der Waals surface area contributed by atoms with Gasteiger partial charge in [0.25, 0.3) is 0 Å². The van der Waals surface area contributed by atoms with Crippen molar-refractivity contribution in [1.82, 2.24) is 5.32 Å². The number of rotatable bonds is 4. The molecule has 1 saturated carbocycles. The molecule has 2 N–H and O–H groups in total.